The summed E-state index contributed by atoms with van der Waals surface area (Å²) in [7, 11) is 3.24. The van der Waals surface area contributed by atoms with Gasteiger partial charge in [-0.1, -0.05) is 24.3 Å². The smallest absolute Gasteiger partial charge is 0.322 e. The quantitative estimate of drug-likeness (QED) is 0.635. The summed E-state index contributed by atoms with van der Waals surface area (Å²) in [5, 5.41) is 3.14. The van der Waals surface area contributed by atoms with Gasteiger partial charge in [0.25, 0.3) is 0 Å². The molecule has 0 atom stereocenters. The predicted octanol–water partition coefficient (Wildman–Crippen LogP) is 4.08. The van der Waals surface area contributed by atoms with E-state index in [2.05, 4.69) is 10.2 Å². The molecular formula is C25H35N3O4. The standard InChI is InChI=1S/C25H35N3O4/c1-19-7-5-8-20(2)24(19)26-25(29)28(12-6-11-27-13-15-32-16-14-27)18-21-9-10-22(30-3)23(17-21)31-4/h5,7-10,17H,6,11-16,18H2,1-4H3,(H,26,29). The van der Waals surface area contributed by atoms with E-state index in [1.165, 1.54) is 0 Å². The van der Waals surface area contributed by atoms with Crippen molar-refractivity contribution in [3.63, 3.8) is 0 Å². The molecule has 1 aliphatic heterocycles. The number of hydrogen-bond donors (Lipinski definition) is 1. The molecule has 7 nitrogen and oxygen atoms in total. The molecular weight excluding hydrogens is 406 g/mol. The molecule has 1 saturated heterocycles. The number of methoxy groups -OCH3 is 2. The number of hydrogen-bond acceptors (Lipinski definition) is 5. The first kappa shape index (κ1) is 23.9. The number of anilines is 1. The lowest BCUT2D eigenvalue weighted by molar-refractivity contribution is 0.0365. The average Bonchev–Trinajstić information content (AvgIpc) is 2.81. The summed E-state index contributed by atoms with van der Waals surface area (Å²) in [4.78, 5) is 17.6. The molecule has 2 aromatic rings. The Kier molecular flexibility index (Phi) is 8.76. The lowest BCUT2D eigenvalue weighted by Crippen LogP contribution is -2.40. The number of carbonyl (C=O) groups excluding carboxylic acids is 1. The van der Waals surface area contributed by atoms with Crippen LogP contribution in [-0.4, -0.2) is 69.4 Å². The van der Waals surface area contributed by atoms with Crippen molar-refractivity contribution in [1.82, 2.24) is 9.80 Å². The van der Waals surface area contributed by atoms with Crippen molar-refractivity contribution in [3.8, 4) is 11.5 Å². The minimum atomic E-state index is -0.0980. The first-order valence-corrected chi connectivity index (χ1v) is 11.1. The Hall–Kier alpha value is -2.77. The van der Waals surface area contributed by atoms with E-state index in [0.717, 1.165) is 61.6 Å². The van der Waals surface area contributed by atoms with Crippen LogP contribution in [0.4, 0.5) is 10.5 Å². The molecule has 1 fully saturated rings. The average molecular weight is 442 g/mol. The van der Waals surface area contributed by atoms with Gasteiger partial charge in [-0.3, -0.25) is 4.90 Å². The van der Waals surface area contributed by atoms with E-state index < -0.39 is 0 Å². The molecule has 32 heavy (non-hydrogen) atoms. The van der Waals surface area contributed by atoms with Crippen LogP contribution >= 0.6 is 0 Å². The lowest BCUT2D eigenvalue weighted by atomic mass is 10.1. The number of rotatable bonds is 9. The van der Waals surface area contributed by atoms with Gasteiger partial charge in [-0.2, -0.15) is 0 Å². The summed E-state index contributed by atoms with van der Waals surface area (Å²) < 4.78 is 16.2. The van der Waals surface area contributed by atoms with Crippen LogP contribution in [-0.2, 0) is 11.3 Å². The second-order valence-electron chi connectivity index (χ2n) is 8.12. The van der Waals surface area contributed by atoms with Crippen molar-refractivity contribution in [2.75, 3.05) is 58.9 Å². The summed E-state index contributed by atoms with van der Waals surface area (Å²) in [6, 6.07) is 11.7. The molecule has 0 spiro atoms. The number of amides is 2. The monoisotopic (exact) mass is 441 g/mol. The van der Waals surface area contributed by atoms with Crippen LogP contribution in [0.1, 0.15) is 23.1 Å². The van der Waals surface area contributed by atoms with Gasteiger partial charge in [0, 0.05) is 38.4 Å². The van der Waals surface area contributed by atoms with Crippen LogP contribution in [0, 0.1) is 13.8 Å². The molecule has 0 radical (unpaired) electrons. The lowest BCUT2D eigenvalue weighted by Gasteiger charge is -2.29. The molecule has 174 valence electrons. The zero-order valence-corrected chi connectivity index (χ0v) is 19.6. The Balaban J connectivity index is 1.73. The number of nitrogens with one attached hydrogen (secondary N) is 1. The van der Waals surface area contributed by atoms with Gasteiger partial charge >= 0.3 is 6.03 Å². The fourth-order valence-electron chi connectivity index (χ4n) is 3.96. The zero-order valence-electron chi connectivity index (χ0n) is 19.6. The van der Waals surface area contributed by atoms with Crippen LogP contribution in [0.15, 0.2) is 36.4 Å². The van der Waals surface area contributed by atoms with E-state index in [1.54, 1.807) is 14.2 Å². The summed E-state index contributed by atoms with van der Waals surface area (Å²) in [6.45, 7) is 9.57. The van der Waals surface area contributed by atoms with E-state index in [0.29, 0.717) is 24.6 Å². The van der Waals surface area contributed by atoms with Crippen molar-refractivity contribution in [2.45, 2.75) is 26.8 Å². The zero-order chi connectivity index (χ0) is 22.9. The summed E-state index contributed by atoms with van der Waals surface area (Å²) >= 11 is 0. The second-order valence-corrected chi connectivity index (χ2v) is 8.12. The first-order chi connectivity index (χ1) is 15.5. The van der Waals surface area contributed by atoms with Gasteiger partial charge in [0.15, 0.2) is 11.5 Å². The van der Waals surface area contributed by atoms with Crippen molar-refractivity contribution in [3.05, 3.63) is 53.1 Å². The Morgan fingerprint density at radius 1 is 1.06 bits per heavy atom. The van der Waals surface area contributed by atoms with E-state index in [1.807, 2.05) is 55.1 Å². The third-order valence-corrected chi connectivity index (χ3v) is 5.83. The molecule has 0 bridgehead atoms. The molecule has 0 saturated carbocycles. The Labute approximate surface area is 191 Å². The molecule has 0 aromatic heterocycles. The third-order valence-electron chi connectivity index (χ3n) is 5.83. The van der Waals surface area contributed by atoms with Crippen molar-refractivity contribution < 1.29 is 19.0 Å². The largest absolute Gasteiger partial charge is 0.493 e. The number of para-hydroxylation sites is 1. The summed E-state index contributed by atoms with van der Waals surface area (Å²) in [6.07, 6.45) is 0.896. The topological polar surface area (TPSA) is 63.3 Å². The van der Waals surface area contributed by atoms with E-state index in [-0.39, 0.29) is 6.03 Å². The highest BCUT2D eigenvalue weighted by atomic mass is 16.5. The molecule has 1 N–H and O–H groups in total. The molecule has 3 rings (SSSR count). The predicted molar refractivity (Wildman–Crippen MR) is 127 cm³/mol. The van der Waals surface area contributed by atoms with Crippen LogP contribution in [0.3, 0.4) is 0 Å². The number of carbonyl (C=O) groups is 1. The van der Waals surface area contributed by atoms with Crippen molar-refractivity contribution >= 4 is 11.7 Å². The maximum Gasteiger partial charge on any atom is 0.322 e. The maximum atomic E-state index is 13.3. The number of urea groups is 1. The SMILES string of the molecule is COc1ccc(CN(CCCN2CCOCC2)C(=O)Nc2c(C)cccc2C)cc1OC. The summed E-state index contributed by atoms with van der Waals surface area (Å²) in [5.41, 5.74) is 3.98. The number of morpholine rings is 1. The van der Waals surface area contributed by atoms with Gasteiger partial charge in [-0.25, -0.2) is 4.79 Å². The Morgan fingerprint density at radius 3 is 2.41 bits per heavy atom. The molecule has 2 amide bonds. The number of nitrogens with zero attached hydrogens (tertiary/aromatic N) is 2. The van der Waals surface area contributed by atoms with Crippen LogP contribution in [0.25, 0.3) is 0 Å². The third kappa shape index (κ3) is 6.37. The first-order valence-electron chi connectivity index (χ1n) is 11.1. The van der Waals surface area contributed by atoms with E-state index in [9.17, 15) is 4.79 Å². The molecule has 0 aliphatic carbocycles. The van der Waals surface area contributed by atoms with Gasteiger partial charge in [-0.05, 0) is 49.1 Å². The van der Waals surface area contributed by atoms with Gasteiger partial charge < -0.3 is 24.4 Å². The summed E-state index contributed by atoms with van der Waals surface area (Å²) in [5.74, 6) is 1.34. The van der Waals surface area contributed by atoms with Gasteiger partial charge in [-0.15, -0.1) is 0 Å². The van der Waals surface area contributed by atoms with Crippen molar-refractivity contribution in [1.29, 1.82) is 0 Å². The molecule has 1 aliphatic rings. The van der Waals surface area contributed by atoms with Crippen LogP contribution in [0.2, 0.25) is 0 Å². The fourth-order valence-corrected chi connectivity index (χ4v) is 3.96. The number of aryl methyl sites for hydroxylation is 2. The molecule has 2 aromatic carbocycles. The number of benzene rings is 2. The highest BCUT2D eigenvalue weighted by Gasteiger charge is 2.18. The number of ether oxygens (including phenoxy) is 3. The fraction of sp³-hybridized carbons (Fsp3) is 0.480. The highest BCUT2D eigenvalue weighted by Crippen LogP contribution is 2.28. The van der Waals surface area contributed by atoms with E-state index in [4.69, 9.17) is 14.2 Å². The molecule has 1 heterocycles. The molecule has 7 heteroatoms. The Bertz CT molecular complexity index is 877. The highest BCUT2D eigenvalue weighted by molar-refractivity contribution is 5.91. The second kappa shape index (κ2) is 11.7. The van der Waals surface area contributed by atoms with Gasteiger partial charge in [0.05, 0.1) is 27.4 Å². The maximum absolute atomic E-state index is 13.3. The van der Waals surface area contributed by atoms with Gasteiger partial charge in [0.2, 0.25) is 0 Å². The van der Waals surface area contributed by atoms with Crippen molar-refractivity contribution in [2.24, 2.45) is 0 Å². The minimum absolute atomic E-state index is 0.0980. The normalized spacial score (nSPS) is 14.1. The van der Waals surface area contributed by atoms with Gasteiger partial charge in [0.1, 0.15) is 0 Å². The Morgan fingerprint density at radius 2 is 1.75 bits per heavy atom. The van der Waals surface area contributed by atoms with Crippen LogP contribution in [0.5, 0.6) is 11.5 Å². The van der Waals surface area contributed by atoms with Crippen LogP contribution < -0.4 is 14.8 Å². The minimum Gasteiger partial charge on any atom is -0.493 e. The molecule has 0 unspecified atom stereocenters. The van der Waals surface area contributed by atoms with E-state index >= 15 is 0 Å².